The zero-order valence-corrected chi connectivity index (χ0v) is 13.1. The predicted octanol–water partition coefficient (Wildman–Crippen LogP) is 4.53. The third-order valence-electron chi connectivity index (χ3n) is 3.31. The smallest absolute Gasteiger partial charge is 0.142 e. The number of hydrogen-bond donors (Lipinski definition) is 0. The number of rotatable bonds is 3. The number of nitrogens with zero attached hydrogens (tertiary/aromatic N) is 4. The first-order valence-corrected chi connectivity index (χ1v) is 7.32. The first-order valence-electron chi connectivity index (χ1n) is 6.94. The minimum absolute atomic E-state index is 0.704. The van der Waals surface area contributed by atoms with E-state index in [1.54, 1.807) is 18.6 Å². The molecule has 110 valence electrons. The number of fused-ring (bicyclic) bond motifs is 1. The van der Waals surface area contributed by atoms with Gasteiger partial charge in [-0.2, -0.15) is 0 Å². The molecule has 2 aromatic heterocycles. The number of imidazole rings is 1. The average Bonchev–Trinajstić information content (AvgIpc) is 2.93. The Bertz CT molecular complexity index is 860. The fourth-order valence-corrected chi connectivity index (χ4v) is 2.41. The van der Waals surface area contributed by atoms with E-state index in [9.17, 15) is 0 Å². The van der Waals surface area contributed by atoms with Gasteiger partial charge in [0.2, 0.25) is 0 Å². The molecule has 0 unspecified atom stereocenters. The van der Waals surface area contributed by atoms with E-state index in [2.05, 4.69) is 14.5 Å². The van der Waals surface area contributed by atoms with Crippen molar-refractivity contribution in [3.8, 4) is 5.69 Å². The van der Waals surface area contributed by atoms with Crippen molar-refractivity contribution in [2.24, 2.45) is 4.99 Å². The van der Waals surface area contributed by atoms with E-state index >= 15 is 0 Å². The molecule has 0 aliphatic heterocycles. The Morgan fingerprint density at radius 1 is 1.23 bits per heavy atom. The fraction of sp³-hybridized carbons (Fsp3) is 0.118. The maximum Gasteiger partial charge on any atom is 0.142 e. The number of aliphatic imine (C=N–C) groups is 1. The van der Waals surface area contributed by atoms with Crippen LogP contribution < -0.4 is 0 Å². The van der Waals surface area contributed by atoms with E-state index in [1.807, 2.05) is 50.4 Å². The van der Waals surface area contributed by atoms with Crippen molar-refractivity contribution in [3.63, 3.8) is 0 Å². The van der Waals surface area contributed by atoms with Gasteiger partial charge in [-0.15, -0.1) is 0 Å². The first-order chi connectivity index (χ1) is 10.7. The van der Waals surface area contributed by atoms with E-state index in [-0.39, 0.29) is 0 Å². The second-order valence-electron chi connectivity index (χ2n) is 4.83. The molecule has 1 aromatic carbocycles. The molecule has 3 rings (SSSR count). The van der Waals surface area contributed by atoms with Gasteiger partial charge in [-0.3, -0.25) is 14.5 Å². The van der Waals surface area contributed by atoms with Crippen molar-refractivity contribution in [2.45, 2.75) is 13.8 Å². The minimum atomic E-state index is 0.704. The molecule has 0 N–H and O–H groups in total. The average molecular weight is 311 g/mol. The maximum absolute atomic E-state index is 5.99. The largest absolute Gasteiger partial charge is 0.291 e. The van der Waals surface area contributed by atoms with E-state index in [0.29, 0.717) is 5.02 Å². The second kappa shape index (κ2) is 6.12. The molecule has 0 bridgehead atoms. The summed E-state index contributed by atoms with van der Waals surface area (Å²) >= 11 is 5.99. The number of aromatic nitrogens is 3. The highest BCUT2D eigenvalue weighted by molar-refractivity contribution is 6.30. The van der Waals surface area contributed by atoms with Crippen molar-refractivity contribution >= 4 is 34.4 Å². The predicted molar refractivity (Wildman–Crippen MR) is 91.7 cm³/mol. The lowest BCUT2D eigenvalue weighted by Gasteiger charge is -2.09. The van der Waals surface area contributed by atoms with Crippen molar-refractivity contribution in [2.75, 3.05) is 0 Å². The highest BCUT2D eigenvalue weighted by atomic mass is 35.5. The third kappa shape index (κ3) is 2.65. The third-order valence-corrected chi connectivity index (χ3v) is 3.56. The SMILES string of the molecule is CC=N/C=C(\C)c1nc2ccncc2n1-c1ccc(Cl)cc1. The molecule has 0 saturated carbocycles. The fourth-order valence-electron chi connectivity index (χ4n) is 2.28. The number of pyridine rings is 1. The number of halogens is 1. The quantitative estimate of drug-likeness (QED) is 0.667. The van der Waals surface area contributed by atoms with E-state index in [0.717, 1.165) is 28.1 Å². The molecule has 0 amide bonds. The monoisotopic (exact) mass is 310 g/mol. The lowest BCUT2D eigenvalue weighted by molar-refractivity contribution is 1.05. The maximum atomic E-state index is 5.99. The van der Waals surface area contributed by atoms with Crippen molar-refractivity contribution in [3.05, 3.63) is 59.8 Å². The molecule has 0 aliphatic carbocycles. The van der Waals surface area contributed by atoms with Crippen LogP contribution >= 0.6 is 11.6 Å². The standard InChI is InChI=1S/C17H15ClN4/c1-3-19-10-12(2)17-21-15-8-9-20-11-16(15)22(17)14-6-4-13(18)5-7-14/h3-11H,1-2H3/b12-10+,19-3?. The Hall–Kier alpha value is -2.46. The summed E-state index contributed by atoms with van der Waals surface area (Å²) in [6.07, 6.45) is 7.12. The Labute approximate surface area is 133 Å². The Morgan fingerprint density at radius 3 is 2.73 bits per heavy atom. The van der Waals surface area contributed by atoms with Gasteiger partial charge < -0.3 is 0 Å². The highest BCUT2D eigenvalue weighted by Crippen LogP contribution is 2.26. The zero-order valence-electron chi connectivity index (χ0n) is 12.4. The molecule has 0 atom stereocenters. The molecule has 5 heteroatoms. The summed E-state index contributed by atoms with van der Waals surface area (Å²) in [7, 11) is 0. The zero-order chi connectivity index (χ0) is 15.5. The summed E-state index contributed by atoms with van der Waals surface area (Å²) in [5.41, 5.74) is 3.81. The van der Waals surface area contributed by atoms with Crippen molar-refractivity contribution in [1.29, 1.82) is 0 Å². The molecule has 4 nitrogen and oxygen atoms in total. The van der Waals surface area contributed by atoms with Gasteiger partial charge in [-0.1, -0.05) is 11.6 Å². The number of allylic oxidation sites excluding steroid dienone is 1. The van der Waals surface area contributed by atoms with Gasteiger partial charge in [0.15, 0.2) is 0 Å². The molecule has 2 heterocycles. The van der Waals surface area contributed by atoms with Crippen LogP contribution in [0.1, 0.15) is 19.7 Å². The van der Waals surface area contributed by atoms with Crippen LogP contribution in [0, 0.1) is 0 Å². The molecule has 22 heavy (non-hydrogen) atoms. The van der Waals surface area contributed by atoms with Crippen LogP contribution in [-0.4, -0.2) is 20.7 Å². The molecule has 0 spiro atoms. The van der Waals surface area contributed by atoms with Crippen LogP contribution in [0.5, 0.6) is 0 Å². The lowest BCUT2D eigenvalue weighted by atomic mass is 10.2. The van der Waals surface area contributed by atoms with Crippen LogP contribution in [0.3, 0.4) is 0 Å². The molecular formula is C17H15ClN4. The Kier molecular flexibility index (Phi) is 4.02. The van der Waals surface area contributed by atoms with Crippen LogP contribution in [0.15, 0.2) is 53.9 Å². The molecule has 0 fully saturated rings. The van der Waals surface area contributed by atoms with Gasteiger partial charge in [-0.25, -0.2) is 4.98 Å². The summed E-state index contributed by atoms with van der Waals surface area (Å²) < 4.78 is 2.07. The van der Waals surface area contributed by atoms with Crippen molar-refractivity contribution in [1.82, 2.24) is 14.5 Å². The normalized spacial score (nSPS) is 12.4. The van der Waals surface area contributed by atoms with Crippen LogP contribution in [-0.2, 0) is 0 Å². The Balaban J connectivity index is 2.27. The van der Waals surface area contributed by atoms with Crippen LogP contribution in [0.2, 0.25) is 5.02 Å². The molecule has 3 aromatic rings. The van der Waals surface area contributed by atoms with Crippen LogP contribution in [0.25, 0.3) is 22.3 Å². The second-order valence-corrected chi connectivity index (χ2v) is 5.27. The van der Waals surface area contributed by atoms with Gasteiger partial charge in [0.1, 0.15) is 5.82 Å². The minimum Gasteiger partial charge on any atom is -0.291 e. The van der Waals surface area contributed by atoms with Crippen molar-refractivity contribution < 1.29 is 0 Å². The topological polar surface area (TPSA) is 43.1 Å². The van der Waals surface area contributed by atoms with E-state index < -0.39 is 0 Å². The highest BCUT2D eigenvalue weighted by Gasteiger charge is 2.13. The summed E-state index contributed by atoms with van der Waals surface area (Å²) in [5, 5.41) is 0.704. The summed E-state index contributed by atoms with van der Waals surface area (Å²) in [5.74, 6) is 0.843. The molecule has 0 saturated heterocycles. The van der Waals surface area contributed by atoms with Gasteiger partial charge in [0.05, 0.1) is 17.2 Å². The molecular weight excluding hydrogens is 296 g/mol. The summed E-state index contributed by atoms with van der Waals surface area (Å²) in [6, 6.07) is 9.58. The number of hydrogen-bond acceptors (Lipinski definition) is 3. The first kappa shape index (κ1) is 14.5. The van der Waals surface area contributed by atoms with Gasteiger partial charge in [0, 0.05) is 34.9 Å². The van der Waals surface area contributed by atoms with Gasteiger partial charge in [-0.05, 0) is 44.2 Å². The van der Waals surface area contributed by atoms with E-state index in [4.69, 9.17) is 16.6 Å². The summed E-state index contributed by atoms with van der Waals surface area (Å²) in [4.78, 5) is 13.1. The summed E-state index contributed by atoms with van der Waals surface area (Å²) in [6.45, 7) is 3.88. The molecule has 0 radical (unpaired) electrons. The number of benzene rings is 1. The van der Waals surface area contributed by atoms with Crippen LogP contribution in [0.4, 0.5) is 0 Å². The Morgan fingerprint density at radius 2 is 2.00 bits per heavy atom. The molecule has 0 aliphatic rings. The van der Waals surface area contributed by atoms with Gasteiger partial charge in [0.25, 0.3) is 0 Å². The lowest BCUT2D eigenvalue weighted by Crippen LogP contribution is -1.99. The van der Waals surface area contributed by atoms with Gasteiger partial charge >= 0.3 is 0 Å². The van der Waals surface area contributed by atoms with E-state index in [1.165, 1.54) is 0 Å².